The fourth-order valence-corrected chi connectivity index (χ4v) is 6.04. The Labute approximate surface area is 167 Å². The number of ether oxygens (including phenoxy) is 1. The summed E-state index contributed by atoms with van der Waals surface area (Å²) in [5.41, 5.74) is 0.827. The quantitative estimate of drug-likeness (QED) is 0.723. The van der Waals surface area contributed by atoms with E-state index in [-0.39, 0.29) is 10.8 Å². The molecule has 6 nitrogen and oxygen atoms in total. The molecule has 0 radical (unpaired) electrons. The van der Waals surface area contributed by atoms with Crippen molar-refractivity contribution in [1.82, 2.24) is 9.21 Å². The van der Waals surface area contributed by atoms with Gasteiger partial charge in [-0.1, -0.05) is 25.0 Å². The molecule has 3 fully saturated rings. The van der Waals surface area contributed by atoms with E-state index in [2.05, 4.69) is 0 Å². The highest BCUT2D eigenvalue weighted by molar-refractivity contribution is 7.89. The van der Waals surface area contributed by atoms with Gasteiger partial charge in [0.2, 0.25) is 15.9 Å². The zero-order valence-corrected chi connectivity index (χ0v) is 16.9. The van der Waals surface area contributed by atoms with Crippen molar-refractivity contribution in [1.29, 1.82) is 0 Å². The van der Waals surface area contributed by atoms with Crippen LogP contribution >= 0.6 is 0 Å². The normalized spacial score (nSPS) is 26.5. The fraction of sp³-hybridized carbons (Fsp3) is 0.571. The molecule has 152 valence electrons. The summed E-state index contributed by atoms with van der Waals surface area (Å²) in [6.45, 7) is 2.49. The Bertz CT molecular complexity index is 828. The number of carbonyl (C=O) groups excluding carboxylic acids is 1. The molecule has 1 aromatic carbocycles. The topological polar surface area (TPSA) is 66.9 Å². The highest BCUT2D eigenvalue weighted by atomic mass is 32.2. The average molecular weight is 405 g/mol. The fourth-order valence-electron chi connectivity index (χ4n) is 4.63. The van der Waals surface area contributed by atoms with Crippen LogP contribution in [0.25, 0.3) is 6.08 Å². The molecule has 1 amide bonds. The van der Waals surface area contributed by atoms with Crippen molar-refractivity contribution >= 4 is 22.0 Å². The molecular weight excluding hydrogens is 376 g/mol. The predicted octanol–water partition coefficient (Wildman–Crippen LogP) is 2.51. The van der Waals surface area contributed by atoms with Crippen LogP contribution in [0, 0.1) is 5.92 Å². The molecule has 0 bridgehead atoms. The number of likely N-dealkylation sites (tertiary alicyclic amines) is 1. The summed E-state index contributed by atoms with van der Waals surface area (Å²) < 4.78 is 32.0. The summed E-state index contributed by atoms with van der Waals surface area (Å²) in [6.07, 6.45) is 9.41. The molecule has 3 aliphatic rings. The van der Waals surface area contributed by atoms with E-state index >= 15 is 0 Å². The first-order valence-electron chi connectivity index (χ1n) is 10.2. The second-order valence-corrected chi connectivity index (χ2v) is 9.79. The highest BCUT2D eigenvalue weighted by Gasteiger charge is 2.37. The molecule has 1 aliphatic carbocycles. The van der Waals surface area contributed by atoms with Gasteiger partial charge in [-0.3, -0.25) is 4.79 Å². The lowest BCUT2D eigenvalue weighted by molar-refractivity contribution is -0.127. The van der Waals surface area contributed by atoms with E-state index in [1.165, 1.54) is 23.6 Å². The molecule has 4 rings (SSSR count). The molecule has 1 aromatic rings. The Morgan fingerprint density at radius 2 is 1.71 bits per heavy atom. The van der Waals surface area contributed by atoms with Gasteiger partial charge in [0, 0.05) is 31.8 Å². The van der Waals surface area contributed by atoms with Crippen LogP contribution < -0.4 is 0 Å². The van der Waals surface area contributed by atoms with Gasteiger partial charge in [-0.15, -0.1) is 0 Å². The third kappa shape index (κ3) is 4.02. The molecule has 2 atom stereocenters. The van der Waals surface area contributed by atoms with E-state index in [9.17, 15) is 13.2 Å². The maximum Gasteiger partial charge on any atom is 0.246 e. The first-order chi connectivity index (χ1) is 13.6. The van der Waals surface area contributed by atoms with E-state index < -0.39 is 10.0 Å². The highest BCUT2D eigenvalue weighted by Crippen LogP contribution is 2.36. The Balaban J connectivity index is 1.41. The molecule has 0 N–H and O–H groups in total. The standard InChI is InChI=1S/C21H28N2O4S/c24-21(23-12-11-18-3-1-2-4-20(18)23)10-7-17-5-8-19(9-6-17)28(25,26)22-13-15-27-16-14-22/h5-10,18,20H,1-4,11-16H2. The molecule has 2 unspecified atom stereocenters. The molecule has 2 heterocycles. The minimum atomic E-state index is -3.48. The van der Waals surface area contributed by atoms with Crippen LogP contribution in [0.2, 0.25) is 0 Å². The second-order valence-electron chi connectivity index (χ2n) is 7.85. The van der Waals surface area contributed by atoms with Gasteiger partial charge in [0.1, 0.15) is 0 Å². The van der Waals surface area contributed by atoms with Gasteiger partial charge in [0.05, 0.1) is 18.1 Å². The van der Waals surface area contributed by atoms with E-state index in [1.54, 1.807) is 36.4 Å². The Hall–Kier alpha value is -1.70. The monoisotopic (exact) mass is 404 g/mol. The third-order valence-electron chi connectivity index (χ3n) is 6.20. The van der Waals surface area contributed by atoms with Crippen molar-refractivity contribution in [2.24, 2.45) is 5.92 Å². The SMILES string of the molecule is O=C(C=Cc1ccc(S(=O)(=O)N2CCOCC2)cc1)N1CCC2CCCCC21. The molecule has 2 saturated heterocycles. The first kappa shape index (κ1) is 19.6. The number of benzene rings is 1. The van der Waals surface area contributed by atoms with Gasteiger partial charge in [-0.2, -0.15) is 4.31 Å². The number of nitrogens with zero attached hydrogens (tertiary/aromatic N) is 2. The van der Waals surface area contributed by atoms with E-state index in [0.717, 1.165) is 24.9 Å². The van der Waals surface area contributed by atoms with Crippen LogP contribution in [0.5, 0.6) is 0 Å². The van der Waals surface area contributed by atoms with Crippen molar-refractivity contribution in [2.45, 2.75) is 43.0 Å². The maximum absolute atomic E-state index is 12.7. The summed E-state index contributed by atoms with van der Waals surface area (Å²) in [5, 5.41) is 0. The van der Waals surface area contributed by atoms with Crippen molar-refractivity contribution in [3.05, 3.63) is 35.9 Å². The zero-order chi connectivity index (χ0) is 19.6. The number of amides is 1. The Kier molecular flexibility index (Phi) is 5.85. The molecule has 7 heteroatoms. The smallest absolute Gasteiger partial charge is 0.246 e. The third-order valence-corrected chi connectivity index (χ3v) is 8.11. The van der Waals surface area contributed by atoms with Gasteiger partial charge in [0.25, 0.3) is 0 Å². The van der Waals surface area contributed by atoms with Crippen molar-refractivity contribution in [3.63, 3.8) is 0 Å². The minimum Gasteiger partial charge on any atom is -0.379 e. The van der Waals surface area contributed by atoms with Gasteiger partial charge in [-0.25, -0.2) is 8.42 Å². The number of morpholine rings is 1. The first-order valence-corrected chi connectivity index (χ1v) is 11.7. The lowest BCUT2D eigenvalue weighted by atomic mass is 9.85. The maximum atomic E-state index is 12.7. The molecule has 28 heavy (non-hydrogen) atoms. The number of sulfonamides is 1. The van der Waals surface area contributed by atoms with Crippen molar-refractivity contribution in [2.75, 3.05) is 32.8 Å². The Morgan fingerprint density at radius 1 is 1.00 bits per heavy atom. The lowest BCUT2D eigenvalue weighted by Crippen LogP contribution is -2.40. The minimum absolute atomic E-state index is 0.0689. The van der Waals surface area contributed by atoms with E-state index in [1.807, 2.05) is 4.90 Å². The van der Waals surface area contributed by atoms with Crippen LogP contribution in [-0.4, -0.2) is 62.4 Å². The number of fused-ring (bicyclic) bond motifs is 1. The van der Waals surface area contributed by atoms with Crippen LogP contribution in [0.3, 0.4) is 0 Å². The number of hydrogen-bond donors (Lipinski definition) is 0. The van der Waals surface area contributed by atoms with Crippen LogP contribution in [-0.2, 0) is 19.6 Å². The largest absolute Gasteiger partial charge is 0.379 e. The molecule has 0 spiro atoms. The number of rotatable bonds is 4. The summed E-state index contributed by atoms with van der Waals surface area (Å²) in [6, 6.07) is 7.14. The molecule has 0 aromatic heterocycles. The zero-order valence-electron chi connectivity index (χ0n) is 16.1. The molecule has 2 aliphatic heterocycles. The number of hydrogen-bond acceptors (Lipinski definition) is 4. The van der Waals surface area contributed by atoms with Crippen LogP contribution in [0.1, 0.15) is 37.7 Å². The van der Waals surface area contributed by atoms with Gasteiger partial charge < -0.3 is 9.64 Å². The molecule has 1 saturated carbocycles. The van der Waals surface area contributed by atoms with Gasteiger partial charge >= 0.3 is 0 Å². The summed E-state index contributed by atoms with van der Waals surface area (Å²) in [5.74, 6) is 0.746. The van der Waals surface area contributed by atoms with Crippen molar-refractivity contribution < 1.29 is 17.9 Å². The lowest BCUT2D eigenvalue weighted by Gasteiger charge is -2.31. The summed E-state index contributed by atoms with van der Waals surface area (Å²) in [7, 11) is -3.48. The Morgan fingerprint density at radius 3 is 2.46 bits per heavy atom. The van der Waals surface area contributed by atoms with Gasteiger partial charge in [0.15, 0.2) is 0 Å². The van der Waals surface area contributed by atoms with Crippen molar-refractivity contribution in [3.8, 4) is 0 Å². The summed E-state index contributed by atoms with van der Waals surface area (Å²) >= 11 is 0. The predicted molar refractivity (Wildman–Crippen MR) is 107 cm³/mol. The summed E-state index contributed by atoms with van der Waals surface area (Å²) in [4.78, 5) is 14.9. The molecular formula is C21H28N2O4S. The van der Waals surface area contributed by atoms with Crippen LogP contribution in [0.15, 0.2) is 35.2 Å². The number of carbonyl (C=O) groups is 1. The second kappa shape index (κ2) is 8.35. The van der Waals surface area contributed by atoms with E-state index in [4.69, 9.17) is 4.74 Å². The van der Waals surface area contributed by atoms with E-state index in [0.29, 0.717) is 38.3 Å². The van der Waals surface area contributed by atoms with Gasteiger partial charge in [-0.05, 0) is 49.0 Å². The van der Waals surface area contributed by atoms with Crippen LogP contribution in [0.4, 0.5) is 0 Å². The average Bonchev–Trinajstić information content (AvgIpc) is 3.17.